The van der Waals surface area contributed by atoms with E-state index in [2.05, 4.69) is 11.2 Å². The average Bonchev–Trinajstić information content (AvgIpc) is 2.50. The zero-order valence-electron chi connectivity index (χ0n) is 11.3. The van der Waals surface area contributed by atoms with Gasteiger partial charge in [0.1, 0.15) is 11.5 Å². The highest BCUT2D eigenvalue weighted by atomic mass is 16.5. The third kappa shape index (κ3) is 3.11. The fraction of sp³-hybridized carbons (Fsp3) is 0.176. The Bertz CT molecular complexity index is 602. The first-order valence-electron chi connectivity index (χ1n) is 6.35. The molecular weight excluding hydrogens is 250 g/mol. The zero-order valence-corrected chi connectivity index (χ0v) is 11.3. The molecule has 0 bridgehead atoms. The first kappa shape index (κ1) is 14.0. The van der Waals surface area contributed by atoms with Gasteiger partial charge in [-0.2, -0.15) is 0 Å². The molecular formula is C17H17NO2. The lowest BCUT2D eigenvalue weighted by Crippen LogP contribution is -2.22. The molecule has 1 atom stereocenters. The van der Waals surface area contributed by atoms with Gasteiger partial charge in [-0.25, -0.2) is 0 Å². The van der Waals surface area contributed by atoms with E-state index in [1.165, 1.54) is 0 Å². The van der Waals surface area contributed by atoms with Gasteiger partial charge in [-0.15, -0.1) is 6.42 Å². The minimum Gasteiger partial charge on any atom is -0.507 e. The average molecular weight is 267 g/mol. The highest BCUT2D eigenvalue weighted by Crippen LogP contribution is 2.32. The number of phenolic OH excluding ortho intramolecular Hbond substituents is 1. The Morgan fingerprint density at radius 3 is 2.60 bits per heavy atom. The minimum absolute atomic E-state index is 0.154. The van der Waals surface area contributed by atoms with Crippen molar-refractivity contribution >= 4 is 0 Å². The van der Waals surface area contributed by atoms with E-state index in [1.807, 2.05) is 42.5 Å². The molecule has 0 aliphatic rings. The molecule has 3 nitrogen and oxygen atoms in total. The van der Waals surface area contributed by atoms with Gasteiger partial charge in [0.25, 0.3) is 0 Å². The maximum absolute atomic E-state index is 10.2. The molecule has 0 aliphatic heterocycles. The van der Waals surface area contributed by atoms with Gasteiger partial charge in [-0.3, -0.25) is 5.32 Å². The van der Waals surface area contributed by atoms with Crippen molar-refractivity contribution in [1.29, 1.82) is 0 Å². The Hall–Kier alpha value is -2.44. The first-order valence-corrected chi connectivity index (χ1v) is 6.35. The van der Waals surface area contributed by atoms with Crippen molar-refractivity contribution in [2.45, 2.75) is 6.04 Å². The number of hydrogen-bond donors (Lipinski definition) is 2. The summed E-state index contributed by atoms with van der Waals surface area (Å²) in [4.78, 5) is 0. The van der Waals surface area contributed by atoms with Crippen LogP contribution in [0.15, 0.2) is 48.5 Å². The lowest BCUT2D eigenvalue weighted by Gasteiger charge is -2.20. The van der Waals surface area contributed by atoms with Crippen LogP contribution in [0, 0.1) is 12.3 Å². The molecule has 2 rings (SSSR count). The van der Waals surface area contributed by atoms with Crippen LogP contribution < -0.4 is 10.1 Å². The van der Waals surface area contributed by atoms with Crippen LogP contribution in [0.1, 0.15) is 17.2 Å². The molecule has 1 unspecified atom stereocenters. The maximum Gasteiger partial charge on any atom is 0.124 e. The Morgan fingerprint density at radius 2 is 2.00 bits per heavy atom. The van der Waals surface area contributed by atoms with Gasteiger partial charge < -0.3 is 9.84 Å². The smallest absolute Gasteiger partial charge is 0.124 e. The lowest BCUT2D eigenvalue weighted by molar-refractivity contribution is 0.405. The first-order chi connectivity index (χ1) is 9.76. The van der Waals surface area contributed by atoms with Crippen LogP contribution in [0.2, 0.25) is 0 Å². The number of benzene rings is 2. The van der Waals surface area contributed by atoms with E-state index < -0.39 is 0 Å². The number of nitrogens with one attached hydrogen (secondary N) is 1. The molecule has 0 amide bonds. The van der Waals surface area contributed by atoms with Crippen LogP contribution >= 0.6 is 0 Å². The molecule has 0 aliphatic carbocycles. The third-order valence-electron chi connectivity index (χ3n) is 3.09. The van der Waals surface area contributed by atoms with Crippen molar-refractivity contribution in [3.63, 3.8) is 0 Å². The molecule has 0 fully saturated rings. The summed E-state index contributed by atoms with van der Waals surface area (Å²) < 4.78 is 5.10. The normalized spacial score (nSPS) is 11.6. The van der Waals surface area contributed by atoms with Gasteiger partial charge in [0, 0.05) is 11.6 Å². The molecule has 0 saturated carbocycles. The summed E-state index contributed by atoms with van der Waals surface area (Å²) in [6, 6.07) is 15.0. The summed E-state index contributed by atoms with van der Waals surface area (Å²) in [5.74, 6) is 3.37. The predicted molar refractivity (Wildman–Crippen MR) is 79.8 cm³/mol. The largest absolute Gasteiger partial charge is 0.507 e. The number of hydrogen-bond acceptors (Lipinski definition) is 3. The fourth-order valence-corrected chi connectivity index (χ4v) is 2.11. The van der Waals surface area contributed by atoms with Crippen LogP contribution in [0.5, 0.6) is 11.5 Å². The maximum atomic E-state index is 10.2. The number of methoxy groups -OCH3 is 1. The van der Waals surface area contributed by atoms with Crippen molar-refractivity contribution in [1.82, 2.24) is 5.32 Å². The summed E-state index contributed by atoms with van der Waals surface area (Å²) in [7, 11) is 1.57. The summed E-state index contributed by atoms with van der Waals surface area (Å²) in [6.07, 6.45) is 5.32. The second-order valence-electron chi connectivity index (χ2n) is 4.35. The van der Waals surface area contributed by atoms with E-state index in [-0.39, 0.29) is 11.8 Å². The molecule has 0 aromatic heterocycles. The molecule has 3 heteroatoms. The van der Waals surface area contributed by atoms with E-state index >= 15 is 0 Å². The SMILES string of the molecule is C#CCNC(c1ccccc1)c1ccc(OC)cc1O. The molecule has 102 valence electrons. The Labute approximate surface area is 119 Å². The molecule has 2 N–H and O–H groups in total. The van der Waals surface area contributed by atoms with E-state index in [0.29, 0.717) is 12.3 Å². The molecule has 20 heavy (non-hydrogen) atoms. The number of aromatic hydroxyl groups is 1. The zero-order chi connectivity index (χ0) is 14.4. The topological polar surface area (TPSA) is 41.5 Å². The Kier molecular flexibility index (Phi) is 4.65. The van der Waals surface area contributed by atoms with E-state index in [0.717, 1.165) is 11.1 Å². The van der Waals surface area contributed by atoms with Gasteiger partial charge in [-0.1, -0.05) is 36.3 Å². The molecule has 2 aromatic rings. The number of rotatable bonds is 5. The lowest BCUT2D eigenvalue weighted by atomic mass is 9.97. The van der Waals surface area contributed by atoms with Gasteiger partial charge in [0.2, 0.25) is 0 Å². The van der Waals surface area contributed by atoms with Crippen LogP contribution in [0.4, 0.5) is 0 Å². The number of phenols is 1. The standard InChI is InChI=1S/C17H17NO2/c1-3-11-18-17(13-7-5-4-6-8-13)15-10-9-14(20-2)12-16(15)19/h1,4-10,12,17-19H,11H2,2H3. The third-order valence-corrected chi connectivity index (χ3v) is 3.09. The van der Waals surface area contributed by atoms with Gasteiger partial charge in [0.15, 0.2) is 0 Å². The molecule has 0 saturated heterocycles. The van der Waals surface area contributed by atoms with Crippen LogP contribution in [-0.2, 0) is 0 Å². The predicted octanol–water partition coefficient (Wildman–Crippen LogP) is 2.71. The Morgan fingerprint density at radius 1 is 1.25 bits per heavy atom. The van der Waals surface area contributed by atoms with Gasteiger partial charge >= 0.3 is 0 Å². The molecule has 0 radical (unpaired) electrons. The number of ether oxygens (including phenoxy) is 1. The molecule has 0 heterocycles. The van der Waals surface area contributed by atoms with E-state index in [1.54, 1.807) is 13.2 Å². The second kappa shape index (κ2) is 6.65. The highest BCUT2D eigenvalue weighted by molar-refractivity contribution is 5.45. The summed E-state index contributed by atoms with van der Waals surface area (Å²) in [6.45, 7) is 0.422. The van der Waals surface area contributed by atoms with E-state index in [4.69, 9.17) is 11.2 Å². The van der Waals surface area contributed by atoms with Crippen molar-refractivity contribution in [3.05, 3.63) is 59.7 Å². The van der Waals surface area contributed by atoms with E-state index in [9.17, 15) is 5.11 Å². The highest BCUT2D eigenvalue weighted by Gasteiger charge is 2.17. The summed E-state index contributed by atoms with van der Waals surface area (Å²) in [5.41, 5.74) is 1.82. The fourth-order valence-electron chi connectivity index (χ4n) is 2.11. The van der Waals surface area contributed by atoms with Crippen LogP contribution in [-0.4, -0.2) is 18.8 Å². The quantitative estimate of drug-likeness (QED) is 0.818. The number of terminal acetylenes is 1. The monoisotopic (exact) mass is 267 g/mol. The Balaban J connectivity index is 2.39. The summed E-state index contributed by atoms with van der Waals surface area (Å²) in [5, 5.41) is 13.4. The van der Waals surface area contributed by atoms with Crippen molar-refractivity contribution in [2.75, 3.05) is 13.7 Å². The van der Waals surface area contributed by atoms with Crippen molar-refractivity contribution < 1.29 is 9.84 Å². The second-order valence-corrected chi connectivity index (χ2v) is 4.35. The van der Waals surface area contributed by atoms with Gasteiger partial charge in [0.05, 0.1) is 19.7 Å². The van der Waals surface area contributed by atoms with Crippen molar-refractivity contribution in [2.24, 2.45) is 0 Å². The van der Waals surface area contributed by atoms with Gasteiger partial charge in [-0.05, 0) is 17.7 Å². The van der Waals surface area contributed by atoms with Crippen LogP contribution in [0.25, 0.3) is 0 Å². The summed E-state index contributed by atoms with van der Waals surface area (Å²) >= 11 is 0. The molecule has 0 spiro atoms. The molecule has 2 aromatic carbocycles. The minimum atomic E-state index is -0.154. The van der Waals surface area contributed by atoms with Crippen LogP contribution in [0.3, 0.4) is 0 Å². The van der Waals surface area contributed by atoms with Crippen molar-refractivity contribution in [3.8, 4) is 23.8 Å².